The maximum absolute atomic E-state index is 3.67. The van der Waals surface area contributed by atoms with Crippen molar-refractivity contribution in [3.63, 3.8) is 0 Å². The molecule has 2 atom stereocenters. The van der Waals surface area contributed by atoms with Crippen LogP contribution in [0.3, 0.4) is 0 Å². The third-order valence-corrected chi connectivity index (χ3v) is 3.76. The number of hydrogen-bond acceptors (Lipinski definition) is 2. The predicted octanol–water partition coefficient (Wildman–Crippen LogP) is 2.90. The van der Waals surface area contributed by atoms with E-state index in [2.05, 4.69) is 61.3 Å². The molecule has 0 saturated carbocycles. The van der Waals surface area contributed by atoms with E-state index in [0.717, 1.165) is 19.0 Å². The fourth-order valence-corrected chi connectivity index (χ4v) is 2.76. The lowest BCUT2D eigenvalue weighted by molar-refractivity contribution is 0.125. The summed E-state index contributed by atoms with van der Waals surface area (Å²) in [5.74, 6) is 0.773. The Kier molecular flexibility index (Phi) is 4.79. The summed E-state index contributed by atoms with van der Waals surface area (Å²) in [6.07, 6.45) is 1.28. The van der Waals surface area contributed by atoms with Crippen molar-refractivity contribution >= 4 is 0 Å². The molecule has 0 aromatic heterocycles. The van der Waals surface area contributed by atoms with E-state index in [1.165, 1.54) is 18.5 Å². The molecule has 0 radical (unpaired) electrons. The molecule has 0 bridgehead atoms. The Hall–Kier alpha value is -0.860. The van der Waals surface area contributed by atoms with Gasteiger partial charge in [-0.15, -0.1) is 0 Å². The molecular weight excluding hydrogens is 220 g/mol. The van der Waals surface area contributed by atoms with Gasteiger partial charge in [0.15, 0.2) is 0 Å². The van der Waals surface area contributed by atoms with Crippen LogP contribution in [-0.4, -0.2) is 30.1 Å². The second kappa shape index (κ2) is 6.35. The second-order valence-electron chi connectivity index (χ2n) is 6.00. The summed E-state index contributed by atoms with van der Waals surface area (Å²) >= 11 is 0. The van der Waals surface area contributed by atoms with E-state index >= 15 is 0 Å². The van der Waals surface area contributed by atoms with Gasteiger partial charge in [0.25, 0.3) is 0 Å². The van der Waals surface area contributed by atoms with Gasteiger partial charge in [-0.3, -0.25) is 4.90 Å². The smallest absolute Gasteiger partial charge is 0.0237 e. The molecule has 1 aliphatic heterocycles. The van der Waals surface area contributed by atoms with Gasteiger partial charge < -0.3 is 5.32 Å². The van der Waals surface area contributed by atoms with Crippen molar-refractivity contribution in [3.05, 3.63) is 35.9 Å². The van der Waals surface area contributed by atoms with Crippen LogP contribution in [0, 0.1) is 5.92 Å². The lowest BCUT2D eigenvalue weighted by atomic mass is 9.99. The summed E-state index contributed by atoms with van der Waals surface area (Å²) in [5.41, 5.74) is 1.43. The molecule has 18 heavy (non-hydrogen) atoms. The zero-order valence-corrected chi connectivity index (χ0v) is 11.9. The monoisotopic (exact) mass is 246 g/mol. The summed E-state index contributed by atoms with van der Waals surface area (Å²) in [4.78, 5) is 2.61. The third-order valence-electron chi connectivity index (χ3n) is 3.76. The van der Waals surface area contributed by atoms with Crippen molar-refractivity contribution in [1.29, 1.82) is 0 Å². The molecule has 0 amide bonds. The second-order valence-corrected chi connectivity index (χ2v) is 6.00. The third kappa shape index (κ3) is 3.82. The SMILES string of the molecule is CC(C)C[C@@H]1CN(Cc2ccccc2)[C@H](C)CN1. The summed E-state index contributed by atoms with van der Waals surface area (Å²) in [5, 5.41) is 3.67. The van der Waals surface area contributed by atoms with Crippen LogP contribution in [0.25, 0.3) is 0 Å². The van der Waals surface area contributed by atoms with E-state index in [9.17, 15) is 0 Å². The van der Waals surface area contributed by atoms with Crippen molar-refractivity contribution in [2.24, 2.45) is 5.92 Å². The van der Waals surface area contributed by atoms with Gasteiger partial charge in [0.05, 0.1) is 0 Å². The van der Waals surface area contributed by atoms with Crippen molar-refractivity contribution in [2.45, 2.75) is 45.8 Å². The highest BCUT2D eigenvalue weighted by Crippen LogP contribution is 2.16. The Balaban J connectivity index is 1.93. The highest BCUT2D eigenvalue weighted by atomic mass is 15.2. The highest BCUT2D eigenvalue weighted by molar-refractivity contribution is 5.14. The summed E-state index contributed by atoms with van der Waals surface area (Å²) in [7, 11) is 0. The van der Waals surface area contributed by atoms with Gasteiger partial charge in [0, 0.05) is 31.7 Å². The Labute approximate surface area is 111 Å². The molecule has 2 heteroatoms. The minimum Gasteiger partial charge on any atom is -0.311 e. The van der Waals surface area contributed by atoms with Gasteiger partial charge in [-0.2, -0.15) is 0 Å². The molecular formula is C16H26N2. The Morgan fingerprint density at radius 1 is 1.28 bits per heavy atom. The average Bonchev–Trinajstić information content (AvgIpc) is 2.34. The molecule has 2 nitrogen and oxygen atoms in total. The van der Waals surface area contributed by atoms with E-state index in [0.29, 0.717) is 12.1 Å². The van der Waals surface area contributed by atoms with Crippen LogP contribution in [0.5, 0.6) is 0 Å². The van der Waals surface area contributed by atoms with Crippen LogP contribution >= 0.6 is 0 Å². The first-order valence-electron chi connectivity index (χ1n) is 7.16. The van der Waals surface area contributed by atoms with E-state index in [1.807, 2.05) is 0 Å². The van der Waals surface area contributed by atoms with Gasteiger partial charge >= 0.3 is 0 Å². The molecule has 1 fully saturated rings. The molecule has 0 spiro atoms. The molecule has 1 aromatic carbocycles. The average molecular weight is 246 g/mol. The number of rotatable bonds is 4. The van der Waals surface area contributed by atoms with Crippen LogP contribution in [0.4, 0.5) is 0 Å². The molecule has 0 aliphatic carbocycles. The molecule has 1 aromatic rings. The van der Waals surface area contributed by atoms with Gasteiger partial charge in [0.1, 0.15) is 0 Å². The number of hydrogen-bond donors (Lipinski definition) is 1. The highest BCUT2D eigenvalue weighted by Gasteiger charge is 2.25. The Morgan fingerprint density at radius 2 is 2.00 bits per heavy atom. The van der Waals surface area contributed by atoms with Crippen LogP contribution in [-0.2, 0) is 6.54 Å². The zero-order chi connectivity index (χ0) is 13.0. The fourth-order valence-electron chi connectivity index (χ4n) is 2.76. The van der Waals surface area contributed by atoms with E-state index in [1.54, 1.807) is 0 Å². The van der Waals surface area contributed by atoms with Crippen molar-refractivity contribution in [2.75, 3.05) is 13.1 Å². The molecule has 1 heterocycles. The Bertz CT molecular complexity index is 347. The standard InChI is InChI=1S/C16H26N2/c1-13(2)9-16-12-18(14(3)10-17-16)11-15-7-5-4-6-8-15/h4-8,13-14,16-17H,9-12H2,1-3H3/t14-,16-/m1/s1. The van der Waals surface area contributed by atoms with Gasteiger partial charge in [-0.25, -0.2) is 0 Å². The van der Waals surface area contributed by atoms with Crippen LogP contribution in [0.1, 0.15) is 32.8 Å². The molecule has 100 valence electrons. The van der Waals surface area contributed by atoms with E-state index in [-0.39, 0.29) is 0 Å². The fraction of sp³-hybridized carbons (Fsp3) is 0.625. The van der Waals surface area contributed by atoms with Crippen LogP contribution in [0.2, 0.25) is 0 Å². The largest absolute Gasteiger partial charge is 0.311 e. The molecule has 2 rings (SSSR count). The normalized spacial score (nSPS) is 25.6. The number of nitrogens with one attached hydrogen (secondary N) is 1. The van der Waals surface area contributed by atoms with E-state index < -0.39 is 0 Å². The molecule has 1 N–H and O–H groups in total. The van der Waals surface area contributed by atoms with Gasteiger partial charge in [-0.1, -0.05) is 44.2 Å². The first-order valence-corrected chi connectivity index (χ1v) is 7.16. The maximum atomic E-state index is 3.67. The maximum Gasteiger partial charge on any atom is 0.0237 e. The van der Waals surface area contributed by atoms with Crippen molar-refractivity contribution in [1.82, 2.24) is 10.2 Å². The quantitative estimate of drug-likeness (QED) is 0.879. The lowest BCUT2D eigenvalue weighted by Gasteiger charge is -2.39. The molecule has 1 aliphatic rings. The topological polar surface area (TPSA) is 15.3 Å². The van der Waals surface area contributed by atoms with Gasteiger partial charge in [0.2, 0.25) is 0 Å². The summed E-state index contributed by atoms with van der Waals surface area (Å²) in [6, 6.07) is 12.1. The predicted molar refractivity (Wildman–Crippen MR) is 77.6 cm³/mol. The van der Waals surface area contributed by atoms with Crippen molar-refractivity contribution in [3.8, 4) is 0 Å². The van der Waals surface area contributed by atoms with Crippen LogP contribution < -0.4 is 5.32 Å². The van der Waals surface area contributed by atoms with E-state index in [4.69, 9.17) is 0 Å². The minimum atomic E-state index is 0.633. The Morgan fingerprint density at radius 3 is 2.67 bits per heavy atom. The van der Waals surface area contributed by atoms with Crippen molar-refractivity contribution < 1.29 is 0 Å². The first kappa shape index (κ1) is 13.6. The number of nitrogens with zero attached hydrogens (tertiary/aromatic N) is 1. The minimum absolute atomic E-state index is 0.633. The number of benzene rings is 1. The summed E-state index contributed by atoms with van der Waals surface area (Å²) < 4.78 is 0. The first-order chi connectivity index (χ1) is 8.65. The van der Waals surface area contributed by atoms with Crippen LogP contribution in [0.15, 0.2) is 30.3 Å². The zero-order valence-electron chi connectivity index (χ0n) is 11.9. The summed E-state index contributed by atoms with van der Waals surface area (Å²) in [6.45, 7) is 10.3. The molecule has 1 saturated heterocycles. The van der Waals surface area contributed by atoms with Gasteiger partial charge in [-0.05, 0) is 24.8 Å². The molecule has 0 unspecified atom stereocenters. The lowest BCUT2D eigenvalue weighted by Crippen LogP contribution is -2.55. The number of piperazine rings is 1.